The van der Waals surface area contributed by atoms with Crippen molar-refractivity contribution in [2.45, 2.75) is 48.7 Å². The van der Waals surface area contributed by atoms with Crippen molar-refractivity contribution in [2.75, 3.05) is 0 Å². The van der Waals surface area contributed by atoms with E-state index >= 15 is 0 Å². The number of aromatic amines is 1. The van der Waals surface area contributed by atoms with Crippen LogP contribution in [0.3, 0.4) is 0 Å². The fourth-order valence-electron chi connectivity index (χ4n) is 3.40. The number of esters is 1. The molecule has 1 aliphatic heterocycles. The molecule has 1 aromatic carbocycles. The number of nitrogens with one attached hydrogen (secondary N) is 1. The molecule has 0 amide bonds. The second-order valence-electron chi connectivity index (χ2n) is 6.74. The van der Waals surface area contributed by atoms with Gasteiger partial charge in [-0.25, -0.2) is 0 Å². The van der Waals surface area contributed by atoms with E-state index in [1.807, 2.05) is 25.3 Å². The van der Waals surface area contributed by atoms with E-state index in [0.29, 0.717) is 6.04 Å². The van der Waals surface area contributed by atoms with Crippen LogP contribution in [0, 0.1) is 0 Å². The largest absolute Gasteiger partial charge is 0.462 e. The minimum Gasteiger partial charge on any atom is -0.462 e. The molecule has 2 aliphatic rings. The molecule has 1 saturated heterocycles. The van der Waals surface area contributed by atoms with E-state index in [1.54, 1.807) is 0 Å². The lowest BCUT2D eigenvalue weighted by Crippen LogP contribution is -2.11. The van der Waals surface area contributed by atoms with Gasteiger partial charge in [0.1, 0.15) is 11.4 Å². The first-order chi connectivity index (χ1) is 12.2. The number of H-pyrrole nitrogens is 1. The lowest BCUT2D eigenvalue weighted by molar-refractivity contribution is -0.140. The van der Waals surface area contributed by atoms with Crippen molar-refractivity contribution in [3.8, 4) is 11.4 Å². The average Bonchev–Trinajstić information content (AvgIpc) is 3.08. The van der Waals surface area contributed by atoms with Crippen molar-refractivity contribution in [2.24, 2.45) is 0 Å². The highest BCUT2D eigenvalue weighted by molar-refractivity contribution is 8.00. The van der Waals surface area contributed by atoms with Gasteiger partial charge >= 0.3 is 5.97 Å². The minimum absolute atomic E-state index is 0.0182. The fraction of sp³-hybridized carbons (Fsp3) is 0.389. The van der Waals surface area contributed by atoms with Crippen LogP contribution in [0.4, 0.5) is 0 Å². The smallest absolute Gasteiger partial charge is 0.319 e. The molecule has 0 spiro atoms. The molecule has 7 heteroatoms. The summed E-state index contributed by atoms with van der Waals surface area (Å²) in [7, 11) is 0. The van der Waals surface area contributed by atoms with Gasteiger partial charge in [-0.2, -0.15) is 0 Å². The summed E-state index contributed by atoms with van der Waals surface area (Å²) >= 11 is 1.49. The van der Waals surface area contributed by atoms with Crippen molar-refractivity contribution in [3.63, 3.8) is 0 Å². The molecule has 2 unspecified atom stereocenters. The first-order valence-electron chi connectivity index (χ1n) is 8.59. The molecule has 0 radical (unpaired) electrons. The lowest BCUT2D eigenvalue weighted by Gasteiger charge is -2.09. The third-order valence-corrected chi connectivity index (χ3v) is 5.94. The van der Waals surface area contributed by atoms with Crippen molar-refractivity contribution in [1.29, 1.82) is 0 Å². The van der Waals surface area contributed by atoms with E-state index in [0.717, 1.165) is 46.7 Å². The van der Waals surface area contributed by atoms with E-state index < -0.39 is 0 Å². The van der Waals surface area contributed by atoms with Crippen molar-refractivity contribution < 1.29 is 9.53 Å². The Labute approximate surface area is 149 Å². The molecule has 3 heterocycles. The zero-order chi connectivity index (χ0) is 17.0. The van der Waals surface area contributed by atoms with Gasteiger partial charge in [0, 0.05) is 35.1 Å². The van der Waals surface area contributed by atoms with Gasteiger partial charge in [0.05, 0.1) is 0 Å². The number of nitrogens with zero attached hydrogens (tertiary/aromatic N) is 3. The van der Waals surface area contributed by atoms with E-state index in [4.69, 9.17) is 4.74 Å². The van der Waals surface area contributed by atoms with Crippen LogP contribution in [-0.2, 0) is 9.53 Å². The van der Waals surface area contributed by atoms with Crippen LogP contribution < -0.4 is 0 Å². The van der Waals surface area contributed by atoms with Gasteiger partial charge in [-0.3, -0.25) is 9.36 Å². The van der Waals surface area contributed by atoms with E-state index in [2.05, 4.69) is 31.9 Å². The average molecular weight is 354 g/mol. The van der Waals surface area contributed by atoms with Crippen LogP contribution in [0.2, 0.25) is 0 Å². The number of carbonyl (C=O) groups excluding carboxylic acids is 1. The summed E-state index contributed by atoms with van der Waals surface area (Å²) in [5, 5.41) is 10.7. The Morgan fingerprint density at radius 2 is 2.12 bits per heavy atom. The molecule has 5 rings (SSSR count). The van der Waals surface area contributed by atoms with Gasteiger partial charge in [-0.15, -0.1) is 10.2 Å². The minimum atomic E-state index is -0.187. The van der Waals surface area contributed by atoms with Crippen LogP contribution in [0.1, 0.15) is 32.2 Å². The molecular weight excluding hydrogens is 336 g/mol. The van der Waals surface area contributed by atoms with Gasteiger partial charge < -0.3 is 9.72 Å². The van der Waals surface area contributed by atoms with Gasteiger partial charge in [-0.05, 0) is 25.8 Å². The molecule has 128 valence electrons. The van der Waals surface area contributed by atoms with Gasteiger partial charge in [0.15, 0.2) is 11.0 Å². The van der Waals surface area contributed by atoms with E-state index in [-0.39, 0.29) is 17.3 Å². The maximum absolute atomic E-state index is 12.0. The molecular formula is C18H18N4O2S. The third-order valence-electron chi connectivity index (χ3n) is 4.78. The molecule has 2 aromatic heterocycles. The normalized spacial score (nSPS) is 23.3. The summed E-state index contributed by atoms with van der Waals surface area (Å²) in [6, 6.07) is 8.62. The molecule has 1 aliphatic carbocycles. The first kappa shape index (κ1) is 15.0. The lowest BCUT2D eigenvalue weighted by atomic mass is 10.1. The maximum Gasteiger partial charge on any atom is 0.319 e. The molecule has 2 fully saturated rings. The summed E-state index contributed by atoms with van der Waals surface area (Å²) in [5.41, 5.74) is 2.15. The summed E-state index contributed by atoms with van der Waals surface area (Å²) < 4.78 is 7.48. The van der Waals surface area contributed by atoms with Crippen LogP contribution in [0.5, 0.6) is 0 Å². The summed E-state index contributed by atoms with van der Waals surface area (Å²) in [6.07, 6.45) is 4.96. The van der Waals surface area contributed by atoms with E-state index in [9.17, 15) is 4.79 Å². The van der Waals surface area contributed by atoms with Crippen molar-refractivity contribution >= 4 is 28.6 Å². The number of rotatable bonds is 4. The Kier molecular flexibility index (Phi) is 3.38. The van der Waals surface area contributed by atoms with Crippen LogP contribution >= 0.6 is 11.8 Å². The van der Waals surface area contributed by atoms with Crippen LogP contribution in [0.25, 0.3) is 22.3 Å². The Bertz CT molecular complexity index is 959. The third kappa shape index (κ3) is 2.54. The monoisotopic (exact) mass is 354 g/mol. The topological polar surface area (TPSA) is 72.8 Å². The van der Waals surface area contributed by atoms with Gasteiger partial charge in [-0.1, -0.05) is 30.0 Å². The van der Waals surface area contributed by atoms with Crippen molar-refractivity contribution in [3.05, 3.63) is 30.5 Å². The number of benzene rings is 1. The fourth-order valence-corrected chi connectivity index (χ4v) is 4.61. The summed E-state index contributed by atoms with van der Waals surface area (Å²) in [4.78, 5) is 15.3. The van der Waals surface area contributed by atoms with Gasteiger partial charge in [0.2, 0.25) is 0 Å². The van der Waals surface area contributed by atoms with Crippen LogP contribution in [-0.4, -0.2) is 37.1 Å². The number of fused-ring (bicyclic) bond motifs is 1. The predicted molar refractivity (Wildman–Crippen MR) is 95.4 cm³/mol. The highest BCUT2D eigenvalue weighted by atomic mass is 32.2. The van der Waals surface area contributed by atoms with Gasteiger partial charge in [0.25, 0.3) is 0 Å². The number of hydrogen-bond donors (Lipinski definition) is 1. The van der Waals surface area contributed by atoms with E-state index in [1.165, 1.54) is 11.8 Å². The Hall–Kier alpha value is -2.28. The molecule has 1 N–H and O–H groups in total. The second-order valence-corrected chi connectivity index (χ2v) is 7.91. The maximum atomic E-state index is 12.0. The highest BCUT2D eigenvalue weighted by Crippen LogP contribution is 2.43. The summed E-state index contributed by atoms with van der Waals surface area (Å²) in [5.74, 6) is 0.735. The summed E-state index contributed by atoms with van der Waals surface area (Å²) in [6.45, 7) is 1.93. The number of hydrogen-bond acceptors (Lipinski definition) is 5. The Morgan fingerprint density at radius 3 is 2.88 bits per heavy atom. The predicted octanol–water partition coefficient (Wildman–Crippen LogP) is 3.56. The number of carbonyl (C=O) groups is 1. The Morgan fingerprint density at radius 1 is 1.28 bits per heavy atom. The molecule has 3 aromatic rings. The molecule has 25 heavy (non-hydrogen) atoms. The number of para-hydroxylation sites is 1. The standard InChI is InChI=1S/C18H18N4O2S/c1-10-8-15(17(23)24-10)25-18-21-20-16(22(18)11-6-7-11)13-9-19-14-5-3-2-4-12(13)14/h2-5,9-11,15,19H,6-8H2,1H3. The number of cyclic esters (lactones) is 1. The second kappa shape index (κ2) is 5.62. The molecule has 6 nitrogen and oxygen atoms in total. The number of aromatic nitrogens is 4. The molecule has 0 bridgehead atoms. The number of thioether (sulfide) groups is 1. The molecule has 2 atom stereocenters. The van der Waals surface area contributed by atoms with Crippen molar-refractivity contribution in [1.82, 2.24) is 19.7 Å². The SMILES string of the molecule is CC1CC(Sc2nnc(-c3c[nH]c4ccccc34)n2C2CC2)C(=O)O1. The highest BCUT2D eigenvalue weighted by Gasteiger charge is 2.37. The first-order valence-corrected chi connectivity index (χ1v) is 9.47. The zero-order valence-corrected chi connectivity index (χ0v) is 14.6. The van der Waals surface area contributed by atoms with Crippen LogP contribution in [0.15, 0.2) is 35.6 Å². The zero-order valence-electron chi connectivity index (χ0n) is 13.8. The quantitative estimate of drug-likeness (QED) is 0.725. The molecule has 1 saturated carbocycles. The number of ether oxygens (including phenoxy) is 1. The Balaban J connectivity index is 1.55.